The van der Waals surface area contributed by atoms with Crippen LogP contribution in [-0.4, -0.2) is 7.11 Å². The van der Waals surface area contributed by atoms with Crippen molar-refractivity contribution in [1.29, 1.82) is 0 Å². The van der Waals surface area contributed by atoms with Crippen LogP contribution in [0.5, 0.6) is 0 Å². The van der Waals surface area contributed by atoms with E-state index in [2.05, 4.69) is 17.2 Å². The lowest BCUT2D eigenvalue weighted by molar-refractivity contribution is 0.288. The first-order valence-electron chi connectivity index (χ1n) is 1.96. The lowest BCUT2D eigenvalue weighted by Gasteiger charge is -1.94. The number of methoxy groups -OCH3 is 1. The summed E-state index contributed by atoms with van der Waals surface area (Å²) in [5, 5.41) is 0. The van der Waals surface area contributed by atoms with Gasteiger partial charge in [0, 0.05) is 0 Å². The van der Waals surface area contributed by atoms with Crippen LogP contribution in [0.15, 0.2) is 12.3 Å². The van der Waals surface area contributed by atoms with Gasteiger partial charge >= 0.3 is 0 Å². The molecule has 0 radical (unpaired) electrons. The van der Waals surface area contributed by atoms with Gasteiger partial charge in [0.1, 0.15) is 5.76 Å². The summed E-state index contributed by atoms with van der Waals surface area (Å²) in [5.41, 5.74) is 0. The van der Waals surface area contributed by atoms with E-state index < -0.39 is 0 Å². The standard InChI is InChI=1S/C6H8O/c1-4-5-6(2)7-3/h1H,2,5H2,3H3. The second-order valence-electron chi connectivity index (χ2n) is 1.12. The normalized spacial score (nSPS) is 6.86. The van der Waals surface area contributed by atoms with Gasteiger partial charge in [0.05, 0.1) is 13.5 Å². The average molecular weight is 96.1 g/mol. The molecule has 0 fully saturated rings. The van der Waals surface area contributed by atoms with Gasteiger partial charge in [-0.3, -0.25) is 0 Å². The third-order valence-electron chi connectivity index (χ3n) is 0.588. The van der Waals surface area contributed by atoms with Gasteiger partial charge in [0.25, 0.3) is 0 Å². The average Bonchev–Trinajstić information content (AvgIpc) is 1.68. The molecule has 1 heteroatoms. The van der Waals surface area contributed by atoms with Gasteiger partial charge < -0.3 is 4.74 Å². The Morgan fingerprint density at radius 2 is 2.57 bits per heavy atom. The topological polar surface area (TPSA) is 9.23 Å². The van der Waals surface area contributed by atoms with E-state index in [0.29, 0.717) is 12.2 Å². The molecule has 0 rings (SSSR count). The smallest absolute Gasteiger partial charge is 0.100 e. The third-order valence-corrected chi connectivity index (χ3v) is 0.588. The van der Waals surface area contributed by atoms with Crippen LogP contribution in [0.1, 0.15) is 6.42 Å². The van der Waals surface area contributed by atoms with Crippen LogP contribution in [-0.2, 0) is 4.74 Å². The highest BCUT2D eigenvalue weighted by Gasteiger charge is 1.81. The first-order chi connectivity index (χ1) is 3.31. The molecular formula is C6H8O. The molecule has 0 amide bonds. The Hall–Kier alpha value is -0.900. The molecule has 0 heterocycles. The second-order valence-corrected chi connectivity index (χ2v) is 1.12. The summed E-state index contributed by atoms with van der Waals surface area (Å²) in [7, 11) is 1.56. The van der Waals surface area contributed by atoms with Gasteiger partial charge in [-0.15, -0.1) is 6.42 Å². The van der Waals surface area contributed by atoms with Gasteiger partial charge in [-0.2, -0.15) is 0 Å². The Balaban J connectivity index is 3.23. The molecule has 0 spiro atoms. The van der Waals surface area contributed by atoms with Gasteiger partial charge in [0.2, 0.25) is 0 Å². The fourth-order valence-electron chi connectivity index (χ4n) is 0.186. The van der Waals surface area contributed by atoms with Gasteiger partial charge in [-0.25, -0.2) is 0 Å². The summed E-state index contributed by atoms with van der Waals surface area (Å²) in [6.07, 6.45) is 5.42. The van der Waals surface area contributed by atoms with Crippen molar-refractivity contribution in [3.05, 3.63) is 12.3 Å². The number of allylic oxidation sites excluding steroid dienone is 1. The van der Waals surface area contributed by atoms with Crippen molar-refractivity contribution in [3.63, 3.8) is 0 Å². The first kappa shape index (κ1) is 6.10. The Kier molecular flexibility index (Phi) is 2.87. The predicted octanol–water partition coefficient (Wildman–Crippen LogP) is 1.17. The largest absolute Gasteiger partial charge is 0.501 e. The van der Waals surface area contributed by atoms with Crippen LogP contribution in [0.2, 0.25) is 0 Å². The van der Waals surface area contributed by atoms with E-state index in [9.17, 15) is 0 Å². The molecule has 0 bridgehead atoms. The maximum Gasteiger partial charge on any atom is 0.100 e. The molecule has 0 aliphatic carbocycles. The molecule has 38 valence electrons. The van der Waals surface area contributed by atoms with Crippen LogP contribution >= 0.6 is 0 Å². The first-order valence-corrected chi connectivity index (χ1v) is 1.96. The van der Waals surface area contributed by atoms with Gasteiger partial charge in [0.15, 0.2) is 0 Å². The molecule has 0 atom stereocenters. The zero-order chi connectivity index (χ0) is 5.70. The molecule has 0 aromatic carbocycles. The molecule has 0 N–H and O–H groups in total. The number of rotatable bonds is 2. The second kappa shape index (κ2) is 3.30. The zero-order valence-electron chi connectivity index (χ0n) is 4.40. The summed E-state index contributed by atoms with van der Waals surface area (Å²) in [6, 6.07) is 0. The number of hydrogen-bond donors (Lipinski definition) is 0. The highest BCUT2D eigenvalue weighted by atomic mass is 16.5. The third kappa shape index (κ3) is 2.92. The van der Waals surface area contributed by atoms with Crippen LogP contribution in [0.3, 0.4) is 0 Å². The molecular weight excluding hydrogens is 88.1 g/mol. The van der Waals surface area contributed by atoms with Crippen molar-refractivity contribution in [3.8, 4) is 12.3 Å². The van der Waals surface area contributed by atoms with Crippen molar-refractivity contribution < 1.29 is 4.74 Å². The number of hydrogen-bond acceptors (Lipinski definition) is 1. The van der Waals surface area contributed by atoms with Crippen molar-refractivity contribution in [2.24, 2.45) is 0 Å². The lowest BCUT2D eigenvalue weighted by atomic mass is 10.4. The minimum atomic E-state index is 0.510. The van der Waals surface area contributed by atoms with Crippen LogP contribution in [0.4, 0.5) is 0 Å². The van der Waals surface area contributed by atoms with Crippen molar-refractivity contribution in [2.45, 2.75) is 6.42 Å². The quantitative estimate of drug-likeness (QED) is 0.370. The summed E-state index contributed by atoms with van der Waals surface area (Å²) < 4.78 is 4.65. The number of terminal acetylenes is 1. The SMILES string of the molecule is C#CCC(=C)OC. The Labute approximate surface area is 44.0 Å². The van der Waals surface area contributed by atoms with E-state index in [1.54, 1.807) is 7.11 Å². The fraction of sp³-hybridized carbons (Fsp3) is 0.333. The zero-order valence-corrected chi connectivity index (χ0v) is 4.40. The monoisotopic (exact) mass is 96.1 g/mol. The summed E-state index contributed by atoms with van der Waals surface area (Å²) in [4.78, 5) is 0. The summed E-state index contributed by atoms with van der Waals surface area (Å²) >= 11 is 0. The Morgan fingerprint density at radius 1 is 2.00 bits per heavy atom. The molecule has 0 saturated carbocycles. The van der Waals surface area contributed by atoms with Gasteiger partial charge in [-0.05, 0) is 0 Å². The molecule has 0 aliphatic heterocycles. The molecule has 1 nitrogen and oxygen atoms in total. The highest BCUT2D eigenvalue weighted by Crippen LogP contribution is 1.93. The molecule has 0 aromatic heterocycles. The van der Waals surface area contributed by atoms with E-state index >= 15 is 0 Å². The van der Waals surface area contributed by atoms with Crippen molar-refractivity contribution in [2.75, 3.05) is 7.11 Å². The summed E-state index contributed by atoms with van der Waals surface area (Å²) in [6.45, 7) is 3.50. The Morgan fingerprint density at radius 3 is 2.71 bits per heavy atom. The minimum Gasteiger partial charge on any atom is -0.501 e. The van der Waals surface area contributed by atoms with Crippen molar-refractivity contribution >= 4 is 0 Å². The van der Waals surface area contributed by atoms with Gasteiger partial charge in [-0.1, -0.05) is 12.5 Å². The maximum absolute atomic E-state index is 4.91. The van der Waals surface area contributed by atoms with Crippen LogP contribution < -0.4 is 0 Å². The van der Waals surface area contributed by atoms with Crippen LogP contribution in [0, 0.1) is 12.3 Å². The summed E-state index contributed by atoms with van der Waals surface area (Å²) in [5.74, 6) is 3.04. The molecule has 0 aromatic rings. The highest BCUT2D eigenvalue weighted by molar-refractivity contribution is 4.98. The molecule has 0 aliphatic rings. The van der Waals surface area contributed by atoms with Crippen LogP contribution in [0.25, 0.3) is 0 Å². The van der Waals surface area contributed by atoms with E-state index in [1.165, 1.54) is 0 Å². The van der Waals surface area contributed by atoms with E-state index in [-0.39, 0.29) is 0 Å². The lowest BCUT2D eigenvalue weighted by Crippen LogP contribution is -1.79. The number of ether oxygens (including phenoxy) is 1. The predicted molar refractivity (Wildman–Crippen MR) is 29.6 cm³/mol. The van der Waals surface area contributed by atoms with E-state index in [0.717, 1.165) is 0 Å². The Bertz CT molecular complexity index is 97.2. The fourth-order valence-corrected chi connectivity index (χ4v) is 0.186. The van der Waals surface area contributed by atoms with E-state index in [1.807, 2.05) is 0 Å². The molecule has 0 unspecified atom stereocenters. The van der Waals surface area contributed by atoms with Crippen molar-refractivity contribution in [1.82, 2.24) is 0 Å². The minimum absolute atomic E-state index is 0.510. The maximum atomic E-state index is 4.91. The molecule has 7 heavy (non-hydrogen) atoms. The molecule has 0 saturated heterocycles. The van der Waals surface area contributed by atoms with E-state index in [4.69, 9.17) is 6.42 Å².